The summed E-state index contributed by atoms with van der Waals surface area (Å²) in [5.74, 6) is 0.663. The molecule has 2 unspecified atom stereocenters. The number of ether oxygens (including phenoxy) is 1. The quantitative estimate of drug-likeness (QED) is 0.708. The second kappa shape index (κ2) is 6.57. The molecule has 0 aliphatic heterocycles. The molecule has 2 rings (SSSR count). The van der Waals surface area contributed by atoms with Crippen molar-refractivity contribution < 1.29 is 14.6 Å². The Hall–Kier alpha value is -1.55. The molecule has 0 bridgehead atoms. The van der Waals surface area contributed by atoms with Gasteiger partial charge in [0.1, 0.15) is 12.4 Å². The largest absolute Gasteiger partial charge is 0.492 e. The highest BCUT2D eigenvalue weighted by Crippen LogP contribution is 2.34. The summed E-state index contributed by atoms with van der Waals surface area (Å²) in [7, 11) is 0. The Labute approximate surface area is 113 Å². The van der Waals surface area contributed by atoms with Gasteiger partial charge in [-0.1, -0.05) is 13.3 Å². The highest BCUT2D eigenvalue weighted by molar-refractivity contribution is 5.87. The monoisotopic (exact) mass is 263 g/mol. The van der Waals surface area contributed by atoms with Crippen LogP contribution in [0.5, 0.6) is 5.75 Å². The fourth-order valence-corrected chi connectivity index (χ4v) is 2.29. The second-order valence-electron chi connectivity index (χ2n) is 5.02. The molecule has 2 N–H and O–H groups in total. The lowest BCUT2D eigenvalue weighted by Crippen LogP contribution is -2.24. The van der Waals surface area contributed by atoms with Gasteiger partial charge in [-0.3, -0.25) is 0 Å². The number of hydrogen-bond donors (Lipinski definition) is 2. The van der Waals surface area contributed by atoms with Gasteiger partial charge in [0.25, 0.3) is 0 Å². The van der Waals surface area contributed by atoms with Crippen LogP contribution in [0.2, 0.25) is 0 Å². The highest BCUT2D eigenvalue weighted by atomic mass is 16.5. The molecule has 0 amide bonds. The molecular formula is C15H21NO3. The Kier molecular flexibility index (Phi) is 4.80. The van der Waals surface area contributed by atoms with Crippen LogP contribution in [0.1, 0.15) is 36.5 Å². The maximum atomic E-state index is 10.7. The molecule has 104 valence electrons. The average molecular weight is 263 g/mol. The van der Waals surface area contributed by atoms with Gasteiger partial charge >= 0.3 is 5.97 Å². The van der Waals surface area contributed by atoms with Crippen molar-refractivity contribution >= 4 is 5.97 Å². The second-order valence-corrected chi connectivity index (χ2v) is 5.02. The van der Waals surface area contributed by atoms with E-state index in [1.165, 1.54) is 19.3 Å². The number of aromatic carboxylic acids is 1. The number of hydrogen-bond acceptors (Lipinski definition) is 3. The standard InChI is InChI=1S/C15H21NO3/c1-2-3-12-10-14(12)16-8-9-19-13-6-4-11(5-7-13)15(17)18/h4-7,12,14,16H,2-3,8-10H2,1H3,(H,17,18). The molecule has 4 nitrogen and oxygen atoms in total. The van der Waals surface area contributed by atoms with Crippen LogP contribution in [0.4, 0.5) is 0 Å². The normalized spacial score (nSPS) is 21.1. The third-order valence-electron chi connectivity index (χ3n) is 3.46. The lowest BCUT2D eigenvalue weighted by molar-refractivity contribution is 0.0697. The van der Waals surface area contributed by atoms with E-state index in [0.29, 0.717) is 18.4 Å². The van der Waals surface area contributed by atoms with Gasteiger partial charge in [-0.25, -0.2) is 4.79 Å². The first-order valence-electron chi connectivity index (χ1n) is 6.90. The molecule has 19 heavy (non-hydrogen) atoms. The summed E-state index contributed by atoms with van der Waals surface area (Å²) in [6, 6.07) is 7.19. The van der Waals surface area contributed by atoms with Crippen LogP contribution in [0.3, 0.4) is 0 Å². The van der Waals surface area contributed by atoms with Crippen molar-refractivity contribution in [1.82, 2.24) is 5.32 Å². The predicted octanol–water partition coefficient (Wildman–Crippen LogP) is 2.54. The minimum Gasteiger partial charge on any atom is -0.492 e. The molecule has 0 heterocycles. The molecule has 2 atom stereocenters. The number of benzene rings is 1. The van der Waals surface area contributed by atoms with Crippen LogP contribution in [-0.4, -0.2) is 30.3 Å². The first-order chi connectivity index (χ1) is 9.20. The molecule has 1 aromatic rings. The Morgan fingerprint density at radius 1 is 1.42 bits per heavy atom. The van der Waals surface area contributed by atoms with Crippen LogP contribution in [0, 0.1) is 5.92 Å². The van der Waals surface area contributed by atoms with Crippen LogP contribution in [-0.2, 0) is 0 Å². The van der Waals surface area contributed by atoms with Crippen LogP contribution < -0.4 is 10.1 Å². The molecule has 1 fully saturated rings. The van der Waals surface area contributed by atoms with Gasteiger partial charge in [-0.05, 0) is 43.0 Å². The third-order valence-corrected chi connectivity index (χ3v) is 3.46. The van der Waals surface area contributed by atoms with E-state index in [1.807, 2.05) is 0 Å². The van der Waals surface area contributed by atoms with Gasteiger partial charge in [0, 0.05) is 12.6 Å². The maximum absolute atomic E-state index is 10.7. The molecule has 0 spiro atoms. The van der Waals surface area contributed by atoms with Crippen molar-refractivity contribution in [2.45, 2.75) is 32.2 Å². The molecule has 1 aliphatic carbocycles. The van der Waals surface area contributed by atoms with Crippen molar-refractivity contribution in [3.05, 3.63) is 29.8 Å². The van der Waals surface area contributed by atoms with Gasteiger partial charge in [-0.2, -0.15) is 0 Å². The summed E-state index contributed by atoms with van der Waals surface area (Å²) in [6.45, 7) is 3.67. The summed E-state index contributed by atoms with van der Waals surface area (Å²) in [5, 5.41) is 12.2. The highest BCUT2D eigenvalue weighted by Gasteiger charge is 2.34. The molecule has 1 aliphatic rings. The van der Waals surface area contributed by atoms with Gasteiger partial charge in [0.2, 0.25) is 0 Å². The van der Waals surface area contributed by atoms with E-state index in [2.05, 4.69) is 12.2 Å². The molecule has 1 aromatic carbocycles. The smallest absolute Gasteiger partial charge is 0.335 e. The SMILES string of the molecule is CCCC1CC1NCCOc1ccc(C(=O)O)cc1. The van der Waals surface area contributed by atoms with E-state index >= 15 is 0 Å². The van der Waals surface area contributed by atoms with Gasteiger partial charge in [0.15, 0.2) is 0 Å². The molecule has 1 saturated carbocycles. The van der Waals surface area contributed by atoms with Crippen LogP contribution >= 0.6 is 0 Å². The summed E-state index contributed by atoms with van der Waals surface area (Å²) in [6.07, 6.45) is 3.87. The summed E-state index contributed by atoms with van der Waals surface area (Å²) in [5.41, 5.74) is 0.283. The van der Waals surface area contributed by atoms with Crippen molar-refractivity contribution in [2.75, 3.05) is 13.2 Å². The molecule has 0 saturated heterocycles. The Morgan fingerprint density at radius 3 is 2.79 bits per heavy atom. The first kappa shape index (κ1) is 13.9. The molecular weight excluding hydrogens is 242 g/mol. The minimum absolute atomic E-state index is 0.283. The van der Waals surface area contributed by atoms with Gasteiger partial charge in [0.05, 0.1) is 5.56 Å². The third kappa shape index (κ3) is 4.24. The zero-order valence-electron chi connectivity index (χ0n) is 11.3. The zero-order chi connectivity index (χ0) is 13.7. The number of carbonyl (C=O) groups is 1. The first-order valence-corrected chi connectivity index (χ1v) is 6.90. The predicted molar refractivity (Wildman–Crippen MR) is 73.7 cm³/mol. The Bertz CT molecular complexity index is 416. The molecule has 4 heteroatoms. The van der Waals surface area contributed by atoms with Crippen molar-refractivity contribution in [3.8, 4) is 5.75 Å². The average Bonchev–Trinajstić information content (AvgIpc) is 3.14. The van der Waals surface area contributed by atoms with E-state index < -0.39 is 5.97 Å². The van der Waals surface area contributed by atoms with E-state index in [1.54, 1.807) is 24.3 Å². The summed E-state index contributed by atoms with van der Waals surface area (Å²) >= 11 is 0. The number of carboxylic acid groups (broad SMARTS) is 1. The van der Waals surface area contributed by atoms with E-state index in [-0.39, 0.29) is 5.56 Å². The van der Waals surface area contributed by atoms with E-state index in [9.17, 15) is 4.79 Å². The topological polar surface area (TPSA) is 58.6 Å². The van der Waals surface area contributed by atoms with Crippen LogP contribution in [0.15, 0.2) is 24.3 Å². The fourth-order valence-electron chi connectivity index (χ4n) is 2.29. The van der Waals surface area contributed by atoms with Gasteiger partial charge in [-0.15, -0.1) is 0 Å². The molecule has 0 aromatic heterocycles. The molecule has 0 radical (unpaired) electrons. The van der Waals surface area contributed by atoms with Crippen LogP contribution in [0.25, 0.3) is 0 Å². The number of rotatable bonds is 8. The van der Waals surface area contributed by atoms with Crippen molar-refractivity contribution in [1.29, 1.82) is 0 Å². The number of carboxylic acids is 1. The Morgan fingerprint density at radius 2 is 2.16 bits per heavy atom. The van der Waals surface area contributed by atoms with E-state index in [0.717, 1.165) is 12.5 Å². The van der Waals surface area contributed by atoms with Crippen molar-refractivity contribution in [2.24, 2.45) is 5.92 Å². The minimum atomic E-state index is -0.913. The van der Waals surface area contributed by atoms with Gasteiger partial charge < -0.3 is 15.2 Å². The summed E-state index contributed by atoms with van der Waals surface area (Å²) in [4.78, 5) is 10.7. The number of nitrogens with one attached hydrogen (secondary N) is 1. The lowest BCUT2D eigenvalue weighted by atomic mass is 10.2. The fraction of sp³-hybridized carbons (Fsp3) is 0.533. The van der Waals surface area contributed by atoms with E-state index in [4.69, 9.17) is 9.84 Å². The van der Waals surface area contributed by atoms with Crippen molar-refractivity contribution in [3.63, 3.8) is 0 Å². The Balaban J connectivity index is 1.62. The zero-order valence-corrected chi connectivity index (χ0v) is 11.3. The lowest BCUT2D eigenvalue weighted by Gasteiger charge is -2.07. The summed E-state index contributed by atoms with van der Waals surface area (Å²) < 4.78 is 5.56. The maximum Gasteiger partial charge on any atom is 0.335 e.